The highest BCUT2D eigenvalue weighted by molar-refractivity contribution is 5.72. The number of rotatable bonds is 6. The third-order valence-corrected chi connectivity index (χ3v) is 2.10. The SMILES string of the molecule is COC(=O)C(CCO)COc1cccnc1. The maximum atomic E-state index is 11.3. The number of aliphatic hydroxyl groups excluding tert-OH is 1. The monoisotopic (exact) mass is 225 g/mol. The van der Waals surface area contributed by atoms with Crippen LogP contribution in [0.15, 0.2) is 24.5 Å². The molecule has 0 bridgehead atoms. The molecule has 1 heterocycles. The lowest BCUT2D eigenvalue weighted by Crippen LogP contribution is -2.24. The maximum Gasteiger partial charge on any atom is 0.312 e. The number of hydrogen-bond donors (Lipinski definition) is 1. The normalized spacial score (nSPS) is 11.9. The Labute approximate surface area is 94.0 Å². The fourth-order valence-corrected chi connectivity index (χ4v) is 1.22. The van der Waals surface area contributed by atoms with Crippen LogP contribution in [0, 0.1) is 5.92 Å². The van der Waals surface area contributed by atoms with E-state index in [0.717, 1.165) is 0 Å². The van der Waals surface area contributed by atoms with E-state index in [1.165, 1.54) is 7.11 Å². The first-order valence-electron chi connectivity index (χ1n) is 4.99. The summed E-state index contributed by atoms with van der Waals surface area (Å²) in [6.07, 6.45) is 3.53. The van der Waals surface area contributed by atoms with Gasteiger partial charge in [0.1, 0.15) is 12.4 Å². The van der Waals surface area contributed by atoms with E-state index in [2.05, 4.69) is 9.72 Å². The zero-order chi connectivity index (χ0) is 11.8. The second-order valence-corrected chi connectivity index (χ2v) is 3.23. The minimum atomic E-state index is -0.449. The Morgan fingerprint density at radius 3 is 3.00 bits per heavy atom. The molecule has 0 saturated carbocycles. The zero-order valence-electron chi connectivity index (χ0n) is 9.13. The quantitative estimate of drug-likeness (QED) is 0.719. The lowest BCUT2D eigenvalue weighted by Gasteiger charge is -2.14. The van der Waals surface area contributed by atoms with Crippen molar-refractivity contribution in [3.8, 4) is 5.75 Å². The predicted molar refractivity (Wildman–Crippen MR) is 56.9 cm³/mol. The molecule has 0 aliphatic carbocycles. The molecule has 1 rings (SSSR count). The fourth-order valence-electron chi connectivity index (χ4n) is 1.22. The van der Waals surface area contributed by atoms with E-state index in [-0.39, 0.29) is 19.2 Å². The highest BCUT2D eigenvalue weighted by atomic mass is 16.5. The Morgan fingerprint density at radius 2 is 2.44 bits per heavy atom. The molecular formula is C11H15NO4. The third-order valence-electron chi connectivity index (χ3n) is 2.10. The summed E-state index contributed by atoms with van der Waals surface area (Å²) < 4.78 is 9.98. The summed E-state index contributed by atoms with van der Waals surface area (Å²) in [6, 6.07) is 3.49. The van der Waals surface area contributed by atoms with Gasteiger partial charge in [-0.15, -0.1) is 0 Å². The highest BCUT2D eigenvalue weighted by Crippen LogP contribution is 2.11. The lowest BCUT2D eigenvalue weighted by molar-refractivity contribution is -0.147. The average Bonchev–Trinajstić information content (AvgIpc) is 2.34. The van der Waals surface area contributed by atoms with Gasteiger partial charge >= 0.3 is 5.97 Å². The van der Waals surface area contributed by atoms with Crippen LogP contribution in [0.25, 0.3) is 0 Å². The summed E-state index contributed by atoms with van der Waals surface area (Å²) in [5, 5.41) is 8.80. The molecule has 0 radical (unpaired) electrons. The van der Waals surface area contributed by atoms with Crippen LogP contribution >= 0.6 is 0 Å². The number of carbonyl (C=O) groups is 1. The molecule has 1 aromatic heterocycles. The van der Waals surface area contributed by atoms with Gasteiger partial charge in [0, 0.05) is 12.8 Å². The van der Waals surface area contributed by atoms with E-state index in [0.29, 0.717) is 12.2 Å². The number of hydrogen-bond acceptors (Lipinski definition) is 5. The number of methoxy groups -OCH3 is 1. The molecule has 1 unspecified atom stereocenters. The Morgan fingerprint density at radius 1 is 1.62 bits per heavy atom. The Balaban J connectivity index is 2.47. The van der Waals surface area contributed by atoms with Gasteiger partial charge in [0.15, 0.2) is 0 Å². The van der Waals surface area contributed by atoms with Crippen molar-refractivity contribution in [3.63, 3.8) is 0 Å². The summed E-state index contributed by atoms with van der Waals surface area (Å²) in [6.45, 7) is 0.106. The molecule has 88 valence electrons. The van der Waals surface area contributed by atoms with E-state index in [9.17, 15) is 4.79 Å². The second-order valence-electron chi connectivity index (χ2n) is 3.23. The molecule has 5 heteroatoms. The summed E-state index contributed by atoms with van der Waals surface area (Å²) in [5.74, 6) is -0.234. The van der Waals surface area contributed by atoms with Crippen molar-refractivity contribution in [2.45, 2.75) is 6.42 Å². The van der Waals surface area contributed by atoms with E-state index in [1.54, 1.807) is 24.5 Å². The standard InChI is InChI=1S/C11H15NO4/c1-15-11(14)9(4-6-13)8-16-10-3-2-5-12-7-10/h2-3,5,7,9,13H,4,6,8H2,1H3. The van der Waals surface area contributed by atoms with Gasteiger partial charge in [0.25, 0.3) is 0 Å². The summed E-state index contributed by atoms with van der Waals surface area (Å²) in [4.78, 5) is 15.2. The number of nitrogens with zero attached hydrogens (tertiary/aromatic N) is 1. The summed E-state index contributed by atoms with van der Waals surface area (Å²) in [5.41, 5.74) is 0. The first-order valence-corrected chi connectivity index (χ1v) is 4.99. The number of ether oxygens (including phenoxy) is 2. The van der Waals surface area contributed by atoms with Crippen LogP contribution < -0.4 is 4.74 Å². The van der Waals surface area contributed by atoms with Gasteiger partial charge < -0.3 is 14.6 Å². The van der Waals surface area contributed by atoms with Crippen LogP contribution in [-0.4, -0.2) is 36.4 Å². The number of esters is 1. The van der Waals surface area contributed by atoms with Crippen molar-refractivity contribution >= 4 is 5.97 Å². The smallest absolute Gasteiger partial charge is 0.312 e. The summed E-state index contributed by atoms with van der Waals surface area (Å²) in [7, 11) is 1.32. The van der Waals surface area contributed by atoms with Gasteiger partial charge in [-0.3, -0.25) is 9.78 Å². The molecule has 0 amide bonds. The molecule has 0 aliphatic rings. The van der Waals surface area contributed by atoms with Crippen LogP contribution in [0.1, 0.15) is 6.42 Å². The molecule has 0 fully saturated rings. The van der Waals surface area contributed by atoms with Gasteiger partial charge in [0.2, 0.25) is 0 Å². The molecule has 1 atom stereocenters. The number of carbonyl (C=O) groups excluding carboxylic acids is 1. The number of pyridine rings is 1. The number of aliphatic hydroxyl groups is 1. The average molecular weight is 225 g/mol. The molecule has 0 aliphatic heterocycles. The molecule has 1 N–H and O–H groups in total. The minimum Gasteiger partial charge on any atom is -0.491 e. The van der Waals surface area contributed by atoms with Crippen LogP contribution in [0.2, 0.25) is 0 Å². The predicted octanol–water partition coefficient (Wildman–Crippen LogP) is 0.632. The van der Waals surface area contributed by atoms with E-state index >= 15 is 0 Å². The van der Waals surface area contributed by atoms with Crippen molar-refractivity contribution in [2.75, 3.05) is 20.3 Å². The summed E-state index contributed by atoms with van der Waals surface area (Å²) >= 11 is 0. The van der Waals surface area contributed by atoms with Crippen molar-refractivity contribution in [1.29, 1.82) is 0 Å². The van der Waals surface area contributed by atoms with E-state index in [4.69, 9.17) is 9.84 Å². The van der Waals surface area contributed by atoms with Crippen molar-refractivity contribution in [2.24, 2.45) is 5.92 Å². The van der Waals surface area contributed by atoms with Crippen molar-refractivity contribution in [3.05, 3.63) is 24.5 Å². The van der Waals surface area contributed by atoms with Crippen molar-refractivity contribution in [1.82, 2.24) is 4.98 Å². The van der Waals surface area contributed by atoms with Gasteiger partial charge in [-0.2, -0.15) is 0 Å². The first kappa shape index (κ1) is 12.4. The molecule has 5 nitrogen and oxygen atoms in total. The van der Waals surface area contributed by atoms with E-state index in [1.807, 2.05) is 0 Å². The van der Waals surface area contributed by atoms with Gasteiger partial charge in [-0.1, -0.05) is 0 Å². The molecule has 0 saturated heterocycles. The molecule has 0 aromatic carbocycles. The van der Waals surface area contributed by atoms with E-state index < -0.39 is 5.92 Å². The third kappa shape index (κ3) is 3.86. The van der Waals surface area contributed by atoms with Gasteiger partial charge in [0.05, 0.1) is 19.2 Å². The maximum absolute atomic E-state index is 11.3. The van der Waals surface area contributed by atoms with Crippen molar-refractivity contribution < 1.29 is 19.4 Å². The number of aromatic nitrogens is 1. The Hall–Kier alpha value is -1.62. The van der Waals surface area contributed by atoms with Crippen LogP contribution in [0.5, 0.6) is 5.75 Å². The Bertz CT molecular complexity index is 315. The topological polar surface area (TPSA) is 68.7 Å². The Kier molecular flexibility index (Phi) is 5.28. The lowest BCUT2D eigenvalue weighted by atomic mass is 10.1. The molecule has 0 spiro atoms. The van der Waals surface area contributed by atoms with Crippen LogP contribution in [0.4, 0.5) is 0 Å². The first-order chi connectivity index (χ1) is 7.77. The highest BCUT2D eigenvalue weighted by Gasteiger charge is 2.19. The van der Waals surface area contributed by atoms with Crippen LogP contribution in [-0.2, 0) is 9.53 Å². The van der Waals surface area contributed by atoms with Crippen LogP contribution in [0.3, 0.4) is 0 Å². The van der Waals surface area contributed by atoms with Gasteiger partial charge in [-0.25, -0.2) is 0 Å². The van der Waals surface area contributed by atoms with Gasteiger partial charge in [-0.05, 0) is 18.6 Å². The largest absolute Gasteiger partial charge is 0.491 e. The minimum absolute atomic E-state index is 0.0732. The molecule has 1 aromatic rings. The zero-order valence-corrected chi connectivity index (χ0v) is 9.13. The second kappa shape index (κ2) is 6.79. The fraction of sp³-hybridized carbons (Fsp3) is 0.455. The molecule has 16 heavy (non-hydrogen) atoms. The molecular weight excluding hydrogens is 210 g/mol.